The van der Waals surface area contributed by atoms with Gasteiger partial charge in [0.2, 0.25) is 0 Å². The van der Waals surface area contributed by atoms with E-state index >= 15 is 0 Å². The molecule has 0 nitrogen and oxygen atoms in total. The quantitative estimate of drug-likeness (QED) is 0.568. The van der Waals surface area contributed by atoms with Gasteiger partial charge in [0.05, 0.1) is 0 Å². The molecule has 0 N–H and O–H groups in total. The van der Waals surface area contributed by atoms with Crippen LogP contribution in [0.2, 0.25) is 0 Å². The summed E-state index contributed by atoms with van der Waals surface area (Å²) in [6.07, 6.45) is 20.0. The molecule has 0 aromatic rings. The Morgan fingerprint density at radius 1 is 0.917 bits per heavy atom. The maximum Gasteiger partial charge on any atom is 4.00 e. The van der Waals surface area contributed by atoms with Crippen molar-refractivity contribution in [1.82, 2.24) is 0 Å². The molecule has 12 heavy (non-hydrogen) atoms. The molecule has 0 unspecified atom stereocenters. The molecule has 62 valence electrons. The summed E-state index contributed by atoms with van der Waals surface area (Å²) >= 11 is 0. The van der Waals surface area contributed by atoms with Gasteiger partial charge in [0.1, 0.15) is 0 Å². The van der Waals surface area contributed by atoms with Gasteiger partial charge in [0.25, 0.3) is 0 Å². The number of hydrogen-bond donors (Lipinski definition) is 0. The molecule has 0 heterocycles. The second-order valence-corrected chi connectivity index (χ2v) is 2.01. The first kappa shape index (κ1) is 14.4. The zero-order chi connectivity index (χ0) is 7.07. The molecule has 0 atom stereocenters. The van der Waals surface area contributed by atoms with Gasteiger partial charge in [-0.2, -0.15) is 12.2 Å². The minimum absolute atomic E-state index is 0. The molecule has 2 aliphatic carbocycles. The molecule has 0 saturated heterocycles. The van der Waals surface area contributed by atoms with Crippen LogP contribution in [-0.4, -0.2) is 0 Å². The van der Waals surface area contributed by atoms with Crippen molar-refractivity contribution in [3.05, 3.63) is 56.0 Å². The van der Waals surface area contributed by atoms with E-state index in [0.717, 1.165) is 12.8 Å². The van der Waals surface area contributed by atoms with Crippen molar-refractivity contribution in [2.75, 3.05) is 0 Å². The van der Waals surface area contributed by atoms with E-state index in [2.05, 4.69) is 24.3 Å². The normalized spacial score (nSPS) is 14.7. The van der Waals surface area contributed by atoms with E-state index < -0.39 is 0 Å². The van der Waals surface area contributed by atoms with Gasteiger partial charge in [-0.05, 0) is 0 Å². The maximum atomic E-state index is 2.99. The maximum absolute atomic E-state index is 2.99. The first-order chi connectivity index (χ1) is 5.00. The Hall–Kier alpha value is -0.157. The van der Waals surface area contributed by atoms with E-state index in [4.69, 9.17) is 0 Å². The summed E-state index contributed by atoms with van der Waals surface area (Å²) < 4.78 is 0. The summed E-state index contributed by atoms with van der Waals surface area (Å²) in [6, 6.07) is 0. The molecule has 0 fully saturated rings. The summed E-state index contributed by atoms with van der Waals surface area (Å²) in [6.45, 7) is 0. The third kappa shape index (κ3) is 7.94. The molecular weight excluding hydrogens is 223 g/mol. The van der Waals surface area contributed by atoms with Crippen LogP contribution in [0.5, 0.6) is 0 Å². The molecule has 0 spiro atoms. The largest absolute Gasteiger partial charge is 4.00 e. The number of allylic oxidation sites excluding steroid dienone is 8. The molecular formula is C11H14Zr. The summed E-state index contributed by atoms with van der Waals surface area (Å²) in [5.41, 5.74) is 0. The van der Waals surface area contributed by atoms with Crippen molar-refractivity contribution in [1.29, 1.82) is 0 Å². The Labute approximate surface area is 96.4 Å². The molecule has 0 aromatic carbocycles. The van der Waals surface area contributed by atoms with Gasteiger partial charge < -0.3 is 8.85 Å². The van der Waals surface area contributed by atoms with Crippen molar-refractivity contribution < 1.29 is 27.6 Å². The topological polar surface area (TPSA) is 0 Å². The van der Waals surface area contributed by atoms with Gasteiger partial charge >= 0.3 is 26.2 Å². The Morgan fingerprint density at radius 3 is 1.42 bits per heavy atom. The van der Waals surface area contributed by atoms with E-state index in [1.165, 1.54) is 0 Å². The molecule has 0 amide bonds. The molecule has 1 heteroatoms. The fourth-order valence-corrected chi connectivity index (χ4v) is 0.680. The van der Waals surface area contributed by atoms with E-state index in [9.17, 15) is 0 Å². The molecule has 0 aliphatic heterocycles. The summed E-state index contributed by atoms with van der Waals surface area (Å²) in [7, 11) is 0. The van der Waals surface area contributed by atoms with Crippen molar-refractivity contribution >= 4 is 0 Å². The Balaban J connectivity index is -0.000000125. The van der Waals surface area contributed by atoms with E-state index in [-0.39, 0.29) is 35.1 Å². The van der Waals surface area contributed by atoms with Gasteiger partial charge in [-0.1, -0.05) is 0 Å². The Morgan fingerprint density at radius 2 is 1.33 bits per heavy atom. The first-order valence-electron chi connectivity index (χ1n) is 3.43. The summed E-state index contributed by atoms with van der Waals surface area (Å²) in [4.78, 5) is 0. The molecule has 2 aliphatic rings. The molecule has 0 radical (unpaired) electrons. The second-order valence-electron chi connectivity index (χ2n) is 2.01. The summed E-state index contributed by atoms with van der Waals surface area (Å²) in [5, 5.41) is 0. The Bertz CT molecular complexity index is 148. The predicted molar refractivity (Wildman–Crippen MR) is 50.7 cm³/mol. The van der Waals surface area contributed by atoms with Crippen molar-refractivity contribution in [2.45, 2.75) is 12.8 Å². The van der Waals surface area contributed by atoms with Crippen LogP contribution in [-0.2, 0) is 26.2 Å². The van der Waals surface area contributed by atoms with Crippen LogP contribution in [0.3, 0.4) is 0 Å². The van der Waals surface area contributed by atoms with Crippen molar-refractivity contribution in [3.8, 4) is 0 Å². The van der Waals surface area contributed by atoms with E-state index in [1.54, 1.807) is 0 Å². The van der Waals surface area contributed by atoms with Gasteiger partial charge in [0, 0.05) is 0 Å². The van der Waals surface area contributed by atoms with Crippen molar-refractivity contribution in [3.63, 3.8) is 0 Å². The predicted octanol–water partition coefficient (Wildman–Crippen LogP) is 3.17. The number of hydrogen-bond acceptors (Lipinski definition) is 0. The van der Waals surface area contributed by atoms with Crippen LogP contribution < -0.4 is 0 Å². The second kappa shape index (κ2) is 10.8. The minimum Gasteiger partial charge on any atom is -1.00 e. The van der Waals surface area contributed by atoms with Gasteiger partial charge in [-0.3, -0.25) is 12.2 Å². The standard InChI is InChI=1S/2C5H5.CH3.Zr.H/c2*1-2-4-5-3-1;;;/h2*1-3H,4H2;1H3;;/q3*-1;+4;-1. The molecule has 0 aromatic heterocycles. The number of rotatable bonds is 0. The van der Waals surface area contributed by atoms with Crippen molar-refractivity contribution in [2.24, 2.45) is 0 Å². The smallest absolute Gasteiger partial charge is 1.00 e. The zero-order valence-electron chi connectivity index (χ0n) is 8.38. The van der Waals surface area contributed by atoms with Crippen LogP contribution in [0.1, 0.15) is 14.3 Å². The summed E-state index contributed by atoms with van der Waals surface area (Å²) in [5.74, 6) is 0. The fourth-order valence-electron chi connectivity index (χ4n) is 0.680. The SMILES string of the molecule is [C-]1=CC=CC1.[C-]1=CC=CC1.[CH3-].[H-].[Zr+4]. The average Bonchev–Trinajstić information content (AvgIpc) is 2.67. The average molecular weight is 237 g/mol. The van der Waals surface area contributed by atoms with Gasteiger partial charge in [-0.15, -0.1) is 12.8 Å². The monoisotopic (exact) mass is 236 g/mol. The van der Waals surface area contributed by atoms with Crippen LogP contribution >= 0.6 is 0 Å². The molecule has 2 rings (SSSR count). The van der Waals surface area contributed by atoms with E-state index in [1.807, 2.05) is 24.3 Å². The Kier molecular flexibility index (Phi) is 13.0. The van der Waals surface area contributed by atoms with Crippen LogP contribution in [0.4, 0.5) is 0 Å². The zero-order valence-corrected chi connectivity index (χ0v) is 9.84. The minimum atomic E-state index is 0. The van der Waals surface area contributed by atoms with Crippen LogP contribution in [0.15, 0.2) is 36.5 Å². The van der Waals surface area contributed by atoms with Crippen LogP contribution in [0, 0.1) is 19.6 Å². The first-order valence-corrected chi connectivity index (χ1v) is 3.43. The fraction of sp³-hybridized carbons (Fsp3) is 0.182. The third-order valence-corrected chi connectivity index (χ3v) is 1.17. The van der Waals surface area contributed by atoms with E-state index in [0.29, 0.717) is 0 Å². The molecule has 0 bridgehead atoms. The third-order valence-electron chi connectivity index (χ3n) is 1.17. The van der Waals surface area contributed by atoms with Gasteiger partial charge in [-0.25, -0.2) is 24.3 Å². The van der Waals surface area contributed by atoms with Gasteiger partial charge in [0.15, 0.2) is 0 Å². The molecule has 0 saturated carbocycles. The van der Waals surface area contributed by atoms with Crippen LogP contribution in [0.25, 0.3) is 0 Å².